The maximum atomic E-state index is 10.6. The minimum absolute atomic E-state index is 0.291. The predicted molar refractivity (Wildman–Crippen MR) is 43.8 cm³/mol. The third-order valence-electron chi connectivity index (χ3n) is 2.45. The molecular formula is C8H15NO3. The zero-order valence-corrected chi connectivity index (χ0v) is 7.25. The van der Waals surface area contributed by atoms with Crippen molar-refractivity contribution in [1.29, 1.82) is 0 Å². The van der Waals surface area contributed by atoms with E-state index in [-0.39, 0.29) is 5.41 Å². The summed E-state index contributed by atoms with van der Waals surface area (Å²) < 4.78 is 5.02. The summed E-state index contributed by atoms with van der Waals surface area (Å²) in [6.07, 6.45) is 1.78. The topological polar surface area (TPSA) is 72.6 Å². The van der Waals surface area contributed by atoms with Gasteiger partial charge in [-0.25, -0.2) is 0 Å². The molecule has 1 atom stereocenters. The number of hydrogen-bond donors (Lipinski definition) is 2. The molecule has 0 amide bonds. The fraction of sp³-hybridized carbons (Fsp3) is 0.875. The molecule has 1 saturated heterocycles. The van der Waals surface area contributed by atoms with Crippen LogP contribution in [0.25, 0.3) is 0 Å². The van der Waals surface area contributed by atoms with E-state index in [9.17, 15) is 4.79 Å². The van der Waals surface area contributed by atoms with Gasteiger partial charge in [0.15, 0.2) is 0 Å². The van der Waals surface area contributed by atoms with Gasteiger partial charge in [-0.05, 0) is 6.42 Å². The fourth-order valence-corrected chi connectivity index (χ4v) is 1.60. The molecule has 12 heavy (non-hydrogen) atoms. The molecule has 0 bridgehead atoms. The van der Waals surface area contributed by atoms with Gasteiger partial charge in [0.2, 0.25) is 0 Å². The van der Waals surface area contributed by atoms with Crippen LogP contribution in [0.4, 0.5) is 0 Å². The summed E-state index contributed by atoms with van der Waals surface area (Å²) in [5.74, 6) is -0.924. The van der Waals surface area contributed by atoms with Crippen LogP contribution in [0, 0.1) is 5.41 Å². The maximum absolute atomic E-state index is 10.6. The van der Waals surface area contributed by atoms with Gasteiger partial charge in [0, 0.05) is 5.41 Å². The molecule has 3 N–H and O–H groups in total. The van der Waals surface area contributed by atoms with Crippen molar-refractivity contribution in [3.63, 3.8) is 0 Å². The lowest BCUT2D eigenvalue weighted by atomic mass is 9.75. The first-order chi connectivity index (χ1) is 5.62. The molecule has 0 aromatic rings. The van der Waals surface area contributed by atoms with Gasteiger partial charge < -0.3 is 15.6 Å². The smallest absolute Gasteiger partial charge is 0.321 e. The zero-order chi connectivity index (χ0) is 9.19. The highest BCUT2D eigenvalue weighted by atomic mass is 16.5. The molecule has 1 unspecified atom stereocenters. The second kappa shape index (κ2) is 3.41. The minimum Gasteiger partial charge on any atom is -0.480 e. The van der Waals surface area contributed by atoms with Gasteiger partial charge in [0.25, 0.3) is 0 Å². The van der Waals surface area contributed by atoms with Crippen LogP contribution in [0.5, 0.6) is 0 Å². The second-order valence-electron chi connectivity index (χ2n) is 3.42. The Morgan fingerprint density at radius 1 is 1.75 bits per heavy atom. The molecule has 4 heteroatoms. The lowest BCUT2D eigenvalue weighted by Crippen LogP contribution is -2.58. The first-order valence-corrected chi connectivity index (χ1v) is 4.18. The molecule has 70 valence electrons. The fourth-order valence-electron chi connectivity index (χ4n) is 1.60. The summed E-state index contributed by atoms with van der Waals surface area (Å²) in [5.41, 5.74) is 5.27. The van der Waals surface area contributed by atoms with E-state index in [0.717, 1.165) is 12.8 Å². The Hall–Kier alpha value is -0.610. The first kappa shape index (κ1) is 9.48. The lowest BCUT2D eigenvalue weighted by Gasteiger charge is -2.43. The Morgan fingerprint density at radius 2 is 2.33 bits per heavy atom. The molecule has 0 radical (unpaired) electrons. The average molecular weight is 173 g/mol. The molecule has 0 spiro atoms. The Labute approximate surface area is 71.7 Å². The van der Waals surface area contributed by atoms with E-state index >= 15 is 0 Å². The van der Waals surface area contributed by atoms with Gasteiger partial charge in [-0.3, -0.25) is 4.79 Å². The highest BCUT2D eigenvalue weighted by Gasteiger charge is 2.46. The highest BCUT2D eigenvalue weighted by molar-refractivity contribution is 5.74. The maximum Gasteiger partial charge on any atom is 0.321 e. The number of carbonyl (C=O) groups is 1. The molecule has 1 aliphatic rings. The standard InChI is InChI=1S/C8H15NO3/c1-2-3-8(4-12-5-8)6(9)7(10)11/h6H,2-5,9H2,1H3,(H,10,11). The van der Waals surface area contributed by atoms with Crippen molar-refractivity contribution in [1.82, 2.24) is 0 Å². The predicted octanol–water partition coefficient (Wildman–Crippen LogP) is 0.215. The number of hydrogen-bond acceptors (Lipinski definition) is 3. The van der Waals surface area contributed by atoms with Crippen LogP contribution in [0.15, 0.2) is 0 Å². The summed E-state index contributed by atoms with van der Waals surface area (Å²) >= 11 is 0. The van der Waals surface area contributed by atoms with E-state index in [2.05, 4.69) is 0 Å². The van der Waals surface area contributed by atoms with Gasteiger partial charge in [-0.15, -0.1) is 0 Å². The second-order valence-corrected chi connectivity index (χ2v) is 3.42. The highest BCUT2D eigenvalue weighted by Crippen LogP contribution is 2.35. The monoisotopic (exact) mass is 173 g/mol. The van der Waals surface area contributed by atoms with Gasteiger partial charge >= 0.3 is 5.97 Å². The first-order valence-electron chi connectivity index (χ1n) is 4.18. The molecule has 1 aliphatic heterocycles. The third-order valence-corrected chi connectivity index (χ3v) is 2.45. The Bertz CT molecular complexity index is 177. The Kier molecular flexibility index (Phi) is 2.69. The summed E-state index contributed by atoms with van der Waals surface area (Å²) in [4.78, 5) is 10.6. The van der Waals surface area contributed by atoms with Gasteiger partial charge in [0.1, 0.15) is 6.04 Å². The number of carboxylic acids is 1. The van der Waals surface area contributed by atoms with E-state index < -0.39 is 12.0 Å². The number of ether oxygens (including phenoxy) is 1. The Morgan fingerprint density at radius 3 is 2.58 bits per heavy atom. The molecule has 1 fully saturated rings. The van der Waals surface area contributed by atoms with E-state index in [1.54, 1.807) is 0 Å². The van der Waals surface area contributed by atoms with Crippen LogP contribution < -0.4 is 5.73 Å². The number of rotatable bonds is 4. The summed E-state index contributed by atoms with van der Waals surface area (Å²) in [6, 6.07) is -0.772. The normalized spacial score (nSPS) is 22.8. The van der Waals surface area contributed by atoms with Crippen LogP contribution >= 0.6 is 0 Å². The van der Waals surface area contributed by atoms with Crippen LogP contribution in [0.1, 0.15) is 19.8 Å². The van der Waals surface area contributed by atoms with Crippen molar-refractivity contribution >= 4 is 5.97 Å². The van der Waals surface area contributed by atoms with Crippen LogP contribution in [-0.2, 0) is 9.53 Å². The molecule has 0 aliphatic carbocycles. The van der Waals surface area contributed by atoms with E-state index in [1.165, 1.54) is 0 Å². The van der Waals surface area contributed by atoms with Crippen molar-refractivity contribution < 1.29 is 14.6 Å². The molecule has 0 aromatic heterocycles. The Balaban J connectivity index is 2.59. The van der Waals surface area contributed by atoms with Crippen molar-refractivity contribution in [2.24, 2.45) is 11.1 Å². The molecule has 1 heterocycles. The zero-order valence-electron chi connectivity index (χ0n) is 7.25. The van der Waals surface area contributed by atoms with Gasteiger partial charge in [-0.2, -0.15) is 0 Å². The van der Waals surface area contributed by atoms with Crippen molar-refractivity contribution in [2.75, 3.05) is 13.2 Å². The van der Waals surface area contributed by atoms with Crippen molar-refractivity contribution in [3.05, 3.63) is 0 Å². The molecule has 1 rings (SSSR count). The number of nitrogens with two attached hydrogens (primary N) is 1. The molecule has 0 saturated carbocycles. The van der Waals surface area contributed by atoms with E-state index in [0.29, 0.717) is 13.2 Å². The quantitative estimate of drug-likeness (QED) is 0.637. The van der Waals surface area contributed by atoms with E-state index in [1.807, 2.05) is 6.92 Å². The number of aliphatic carboxylic acids is 1. The van der Waals surface area contributed by atoms with Crippen molar-refractivity contribution in [3.8, 4) is 0 Å². The SMILES string of the molecule is CCCC1(C(N)C(=O)O)COC1. The minimum atomic E-state index is -0.924. The van der Waals surface area contributed by atoms with Gasteiger partial charge in [0.05, 0.1) is 13.2 Å². The largest absolute Gasteiger partial charge is 0.480 e. The third kappa shape index (κ3) is 1.44. The molecule has 0 aromatic carbocycles. The van der Waals surface area contributed by atoms with Crippen LogP contribution in [-0.4, -0.2) is 30.3 Å². The summed E-state index contributed by atoms with van der Waals surface area (Å²) in [5, 5.41) is 8.73. The summed E-state index contributed by atoms with van der Waals surface area (Å²) in [6.45, 7) is 3.01. The lowest BCUT2D eigenvalue weighted by molar-refractivity contribution is -0.164. The van der Waals surface area contributed by atoms with Gasteiger partial charge in [-0.1, -0.05) is 13.3 Å². The number of carboxylic acid groups (broad SMARTS) is 1. The van der Waals surface area contributed by atoms with E-state index in [4.69, 9.17) is 15.6 Å². The molecular weight excluding hydrogens is 158 g/mol. The van der Waals surface area contributed by atoms with Crippen LogP contribution in [0.2, 0.25) is 0 Å². The average Bonchev–Trinajstić information content (AvgIpc) is 1.95. The summed E-state index contributed by atoms with van der Waals surface area (Å²) in [7, 11) is 0. The molecule has 4 nitrogen and oxygen atoms in total. The van der Waals surface area contributed by atoms with Crippen molar-refractivity contribution in [2.45, 2.75) is 25.8 Å². The van der Waals surface area contributed by atoms with Crippen LogP contribution in [0.3, 0.4) is 0 Å².